The number of aromatic carboxylic acids is 1. The van der Waals surface area contributed by atoms with Gasteiger partial charge in [-0.15, -0.1) is 0 Å². The molecular formula is C16H14N2O4. The average molecular weight is 298 g/mol. The number of hydrogen-bond donors (Lipinski definition) is 3. The van der Waals surface area contributed by atoms with Gasteiger partial charge in [0.1, 0.15) is 5.82 Å². The Hall–Kier alpha value is -3.02. The van der Waals surface area contributed by atoms with E-state index < -0.39 is 5.97 Å². The van der Waals surface area contributed by atoms with Gasteiger partial charge in [-0.3, -0.25) is 0 Å². The molecule has 0 amide bonds. The van der Waals surface area contributed by atoms with Gasteiger partial charge in [-0.2, -0.15) is 0 Å². The Morgan fingerprint density at radius 3 is 2.77 bits per heavy atom. The van der Waals surface area contributed by atoms with Crippen molar-refractivity contribution in [3.05, 3.63) is 42.0 Å². The Balaban J connectivity index is 2.03. The van der Waals surface area contributed by atoms with Crippen molar-refractivity contribution in [1.29, 1.82) is 0 Å². The van der Waals surface area contributed by atoms with Crippen molar-refractivity contribution in [1.82, 2.24) is 9.97 Å². The summed E-state index contributed by atoms with van der Waals surface area (Å²) in [5, 5.41) is 18.9. The van der Waals surface area contributed by atoms with Gasteiger partial charge in [0.25, 0.3) is 0 Å². The maximum Gasteiger partial charge on any atom is 0.335 e. The predicted molar refractivity (Wildman–Crippen MR) is 81.3 cm³/mol. The third-order valence-electron chi connectivity index (χ3n) is 3.26. The molecule has 2 aromatic carbocycles. The zero-order chi connectivity index (χ0) is 15.7. The number of fused-ring (bicyclic) bond motifs is 1. The number of H-pyrrole nitrogens is 1. The van der Waals surface area contributed by atoms with Crippen molar-refractivity contribution in [2.45, 2.75) is 6.92 Å². The van der Waals surface area contributed by atoms with Crippen LogP contribution >= 0.6 is 0 Å². The third kappa shape index (κ3) is 2.46. The van der Waals surface area contributed by atoms with E-state index in [1.807, 2.05) is 6.92 Å². The molecule has 0 bridgehead atoms. The zero-order valence-corrected chi connectivity index (χ0v) is 11.8. The predicted octanol–water partition coefficient (Wildman–Crippen LogP) is 3.03. The summed E-state index contributed by atoms with van der Waals surface area (Å²) in [5.41, 5.74) is 2.17. The number of aromatic nitrogens is 2. The number of imidazole rings is 1. The molecule has 0 saturated carbocycles. The Morgan fingerprint density at radius 1 is 1.27 bits per heavy atom. The molecule has 22 heavy (non-hydrogen) atoms. The molecule has 0 aliphatic heterocycles. The first-order chi connectivity index (χ1) is 10.6. The van der Waals surface area contributed by atoms with E-state index in [4.69, 9.17) is 9.84 Å². The quantitative estimate of drug-likeness (QED) is 0.688. The van der Waals surface area contributed by atoms with Crippen molar-refractivity contribution in [3.63, 3.8) is 0 Å². The summed E-state index contributed by atoms with van der Waals surface area (Å²) in [6.07, 6.45) is 0. The van der Waals surface area contributed by atoms with E-state index in [9.17, 15) is 9.90 Å². The second-order valence-electron chi connectivity index (χ2n) is 4.74. The van der Waals surface area contributed by atoms with Gasteiger partial charge in [0.2, 0.25) is 0 Å². The van der Waals surface area contributed by atoms with Gasteiger partial charge in [-0.1, -0.05) is 0 Å². The average Bonchev–Trinajstić information content (AvgIpc) is 2.92. The van der Waals surface area contributed by atoms with Crippen molar-refractivity contribution in [2.75, 3.05) is 6.61 Å². The molecule has 0 unspecified atom stereocenters. The summed E-state index contributed by atoms with van der Waals surface area (Å²) in [6.45, 7) is 2.31. The first-order valence-electron chi connectivity index (χ1n) is 6.77. The first kappa shape index (κ1) is 13.9. The third-order valence-corrected chi connectivity index (χ3v) is 3.26. The largest absolute Gasteiger partial charge is 0.504 e. The van der Waals surface area contributed by atoms with Gasteiger partial charge in [0, 0.05) is 5.56 Å². The van der Waals surface area contributed by atoms with Crippen molar-refractivity contribution in [2.24, 2.45) is 0 Å². The molecule has 3 N–H and O–H groups in total. The number of carboxylic acids is 1. The number of nitrogens with zero attached hydrogens (tertiary/aromatic N) is 1. The van der Waals surface area contributed by atoms with E-state index in [1.165, 1.54) is 12.1 Å². The Morgan fingerprint density at radius 2 is 2.09 bits per heavy atom. The number of hydrogen-bond acceptors (Lipinski definition) is 4. The van der Waals surface area contributed by atoms with Gasteiger partial charge in [0.15, 0.2) is 11.5 Å². The summed E-state index contributed by atoms with van der Waals surface area (Å²) >= 11 is 0. The molecule has 0 spiro atoms. The monoisotopic (exact) mass is 298 g/mol. The molecule has 6 heteroatoms. The summed E-state index contributed by atoms with van der Waals surface area (Å²) in [4.78, 5) is 18.4. The topological polar surface area (TPSA) is 95.4 Å². The van der Waals surface area contributed by atoms with Crippen LogP contribution in [0.1, 0.15) is 17.3 Å². The molecule has 0 radical (unpaired) electrons. The number of benzene rings is 2. The number of nitrogens with one attached hydrogen (secondary N) is 1. The lowest BCUT2D eigenvalue weighted by molar-refractivity contribution is 0.0697. The van der Waals surface area contributed by atoms with Gasteiger partial charge >= 0.3 is 5.97 Å². The van der Waals surface area contributed by atoms with Gasteiger partial charge in [-0.25, -0.2) is 9.78 Å². The molecule has 0 saturated heterocycles. The second kappa shape index (κ2) is 5.40. The molecule has 1 aromatic heterocycles. The summed E-state index contributed by atoms with van der Waals surface area (Å²) in [6, 6.07) is 9.69. The highest BCUT2D eigenvalue weighted by Crippen LogP contribution is 2.31. The van der Waals surface area contributed by atoms with Crippen LogP contribution in [0.4, 0.5) is 0 Å². The van der Waals surface area contributed by atoms with Crippen molar-refractivity contribution >= 4 is 17.0 Å². The van der Waals surface area contributed by atoms with Crippen LogP contribution in [0.2, 0.25) is 0 Å². The summed E-state index contributed by atoms with van der Waals surface area (Å²) in [7, 11) is 0. The Labute approximate surface area is 126 Å². The smallest absolute Gasteiger partial charge is 0.335 e. The number of phenols is 1. The molecule has 0 atom stereocenters. The fourth-order valence-electron chi connectivity index (χ4n) is 2.22. The van der Waals surface area contributed by atoms with Gasteiger partial charge in [0.05, 0.1) is 23.2 Å². The number of carboxylic acid groups (broad SMARTS) is 1. The van der Waals surface area contributed by atoms with Crippen LogP contribution in [0.15, 0.2) is 36.4 Å². The Kier molecular flexibility index (Phi) is 3.42. The fourth-order valence-corrected chi connectivity index (χ4v) is 2.22. The van der Waals surface area contributed by atoms with Gasteiger partial charge < -0.3 is 19.9 Å². The Bertz CT molecular complexity index is 854. The zero-order valence-electron chi connectivity index (χ0n) is 11.8. The minimum absolute atomic E-state index is 0.0334. The fraction of sp³-hybridized carbons (Fsp3) is 0.125. The van der Waals surface area contributed by atoms with Crippen LogP contribution in [0.25, 0.3) is 22.4 Å². The molecule has 6 nitrogen and oxygen atoms in total. The van der Waals surface area contributed by atoms with Crippen LogP contribution in [-0.4, -0.2) is 32.8 Å². The van der Waals surface area contributed by atoms with E-state index in [-0.39, 0.29) is 11.3 Å². The minimum Gasteiger partial charge on any atom is -0.504 e. The van der Waals surface area contributed by atoms with Gasteiger partial charge in [-0.05, 0) is 43.3 Å². The van der Waals surface area contributed by atoms with Crippen LogP contribution in [0.5, 0.6) is 11.5 Å². The lowest BCUT2D eigenvalue weighted by atomic mass is 10.2. The second-order valence-corrected chi connectivity index (χ2v) is 4.74. The van der Waals surface area contributed by atoms with E-state index in [1.54, 1.807) is 24.3 Å². The molecule has 0 fully saturated rings. The number of aromatic amines is 1. The van der Waals surface area contributed by atoms with Crippen LogP contribution < -0.4 is 4.74 Å². The lowest BCUT2D eigenvalue weighted by Gasteiger charge is -2.06. The summed E-state index contributed by atoms with van der Waals surface area (Å²) < 4.78 is 5.28. The maximum absolute atomic E-state index is 11.0. The maximum atomic E-state index is 11.0. The minimum atomic E-state index is -0.989. The summed E-state index contributed by atoms with van der Waals surface area (Å²) in [5.74, 6) is 0.00852. The normalized spacial score (nSPS) is 10.8. The molecule has 0 aliphatic carbocycles. The van der Waals surface area contributed by atoms with Crippen LogP contribution in [-0.2, 0) is 0 Å². The first-order valence-corrected chi connectivity index (χ1v) is 6.77. The molecule has 0 aliphatic rings. The highest BCUT2D eigenvalue weighted by molar-refractivity contribution is 5.93. The molecule has 1 heterocycles. The molecule has 112 valence electrons. The molecule has 3 aromatic rings. The van der Waals surface area contributed by atoms with Crippen molar-refractivity contribution < 1.29 is 19.7 Å². The van der Waals surface area contributed by atoms with E-state index in [0.717, 1.165) is 0 Å². The standard InChI is InChI=1S/C16H14N2O4/c1-2-22-14-6-4-9(8-13(14)19)15-17-11-5-3-10(16(20)21)7-12(11)18-15/h3-8,19H,2H2,1H3,(H,17,18)(H,20,21). The van der Waals surface area contributed by atoms with Crippen LogP contribution in [0.3, 0.4) is 0 Å². The molecular weight excluding hydrogens is 284 g/mol. The highest BCUT2D eigenvalue weighted by atomic mass is 16.5. The van der Waals surface area contributed by atoms with Crippen LogP contribution in [0, 0.1) is 0 Å². The number of carbonyl (C=O) groups is 1. The number of ether oxygens (including phenoxy) is 1. The van der Waals surface area contributed by atoms with E-state index >= 15 is 0 Å². The number of aromatic hydroxyl groups is 1. The number of rotatable bonds is 4. The highest BCUT2D eigenvalue weighted by Gasteiger charge is 2.11. The molecule has 3 rings (SSSR count). The van der Waals surface area contributed by atoms with E-state index in [0.29, 0.717) is 34.8 Å². The lowest BCUT2D eigenvalue weighted by Crippen LogP contribution is -1.94. The van der Waals surface area contributed by atoms with Crippen molar-refractivity contribution in [3.8, 4) is 22.9 Å². The number of phenolic OH excluding ortho intramolecular Hbond substituents is 1. The van der Waals surface area contributed by atoms with E-state index in [2.05, 4.69) is 9.97 Å². The SMILES string of the molecule is CCOc1ccc(-c2nc3ccc(C(=O)O)cc3[nH]2)cc1O.